The van der Waals surface area contributed by atoms with E-state index in [1.807, 2.05) is 18.2 Å². The van der Waals surface area contributed by atoms with E-state index in [1.165, 1.54) is 0 Å². The second-order valence-corrected chi connectivity index (χ2v) is 8.50. The highest BCUT2D eigenvalue weighted by Gasteiger charge is 2.11. The molecule has 0 atom stereocenters. The van der Waals surface area contributed by atoms with Gasteiger partial charge in [-0.05, 0) is 72.3 Å². The summed E-state index contributed by atoms with van der Waals surface area (Å²) in [4.78, 5) is 37.5. The fourth-order valence-corrected chi connectivity index (χ4v) is 3.93. The zero-order valence-electron chi connectivity index (χ0n) is 18.8. The molecule has 2 N–H and O–H groups in total. The van der Waals surface area contributed by atoms with Crippen molar-refractivity contribution in [3.05, 3.63) is 130 Å². The van der Waals surface area contributed by atoms with Crippen molar-refractivity contribution in [1.29, 1.82) is 0 Å². The van der Waals surface area contributed by atoms with E-state index in [2.05, 4.69) is 10.6 Å². The summed E-state index contributed by atoms with van der Waals surface area (Å²) in [6, 6.07) is 29.3. The van der Waals surface area contributed by atoms with Crippen molar-refractivity contribution in [1.82, 2.24) is 0 Å². The maximum Gasteiger partial charge on any atom is 0.344 e. The van der Waals surface area contributed by atoms with Crippen molar-refractivity contribution in [2.24, 2.45) is 0 Å². The Morgan fingerprint density at radius 1 is 0.667 bits per heavy atom. The fraction of sp³-hybridized carbons (Fsp3) is 0. The molecular formula is C29H19ClN2O4. The van der Waals surface area contributed by atoms with Crippen LogP contribution < -0.4 is 16.3 Å². The van der Waals surface area contributed by atoms with E-state index in [0.717, 1.165) is 5.39 Å². The third-order valence-corrected chi connectivity index (χ3v) is 5.82. The van der Waals surface area contributed by atoms with Crippen LogP contribution in [-0.2, 0) is 0 Å². The summed E-state index contributed by atoms with van der Waals surface area (Å²) < 4.78 is 5.40. The molecule has 6 nitrogen and oxygen atoms in total. The van der Waals surface area contributed by atoms with Gasteiger partial charge in [0.05, 0.1) is 5.56 Å². The monoisotopic (exact) mass is 494 g/mol. The van der Waals surface area contributed by atoms with Crippen molar-refractivity contribution in [3.8, 4) is 11.1 Å². The molecule has 0 spiro atoms. The number of hydrogen-bond donors (Lipinski definition) is 2. The SMILES string of the molecule is O=C(Nc1ccc(NC(=O)c2cccc(Cl)c2)cc1)c1ccc(-c2cc3ccccc3oc2=O)cc1. The molecule has 0 aliphatic rings. The summed E-state index contributed by atoms with van der Waals surface area (Å²) >= 11 is 5.94. The van der Waals surface area contributed by atoms with Gasteiger partial charge in [-0.25, -0.2) is 4.79 Å². The number of anilines is 2. The number of halogens is 1. The molecule has 1 heterocycles. The average Bonchev–Trinajstić information content (AvgIpc) is 2.89. The summed E-state index contributed by atoms with van der Waals surface area (Å²) in [5.41, 5.74) is 3.20. The fourth-order valence-electron chi connectivity index (χ4n) is 3.74. The van der Waals surface area contributed by atoms with Crippen LogP contribution in [0.2, 0.25) is 5.02 Å². The average molecular weight is 495 g/mol. The maximum atomic E-state index is 12.7. The van der Waals surface area contributed by atoms with Gasteiger partial charge in [0, 0.05) is 32.9 Å². The Kier molecular flexibility index (Phi) is 6.34. The Hall–Kier alpha value is -4.68. The number of amides is 2. The molecule has 5 rings (SSSR count). The summed E-state index contributed by atoms with van der Waals surface area (Å²) in [5, 5.41) is 6.92. The highest BCUT2D eigenvalue weighted by Crippen LogP contribution is 2.22. The van der Waals surface area contributed by atoms with E-state index in [0.29, 0.717) is 44.2 Å². The Morgan fingerprint density at radius 2 is 1.31 bits per heavy atom. The highest BCUT2D eigenvalue weighted by molar-refractivity contribution is 6.31. The lowest BCUT2D eigenvalue weighted by Gasteiger charge is -2.09. The molecule has 0 aliphatic carbocycles. The van der Waals surface area contributed by atoms with Crippen LogP contribution in [-0.4, -0.2) is 11.8 Å². The van der Waals surface area contributed by atoms with Crippen molar-refractivity contribution in [2.45, 2.75) is 0 Å². The lowest BCUT2D eigenvalue weighted by Crippen LogP contribution is -2.13. The summed E-state index contributed by atoms with van der Waals surface area (Å²) in [5.74, 6) is -0.586. The van der Waals surface area contributed by atoms with Crippen LogP contribution in [0, 0.1) is 0 Å². The molecule has 0 aliphatic heterocycles. The third kappa shape index (κ3) is 5.04. The largest absolute Gasteiger partial charge is 0.422 e. The first kappa shape index (κ1) is 23.1. The van der Waals surface area contributed by atoms with E-state index >= 15 is 0 Å². The molecule has 0 unspecified atom stereocenters. The molecule has 0 saturated carbocycles. The van der Waals surface area contributed by atoms with Crippen molar-refractivity contribution in [3.63, 3.8) is 0 Å². The van der Waals surface area contributed by atoms with Gasteiger partial charge in [0.25, 0.3) is 11.8 Å². The number of fused-ring (bicyclic) bond motifs is 1. The standard InChI is InChI=1S/C29H19ClN2O4/c30-22-6-3-5-21(16-22)28(34)32-24-14-12-23(13-15-24)31-27(33)19-10-8-18(9-11-19)25-17-20-4-1-2-7-26(20)36-29(25)35/h1-17H,(H,31,33)(H,32,34). The first-order valence-corrected chi connectivity index (χ1v) is 11.5. The van der Waals surface area contributed by atoms with Gasteiger partial charge in [0.2, 0.25) is 0 Å². The van der Waals surface area contributed by atoms with Gasteiger partial charge in [-0.3, -0.25) is 9.59 Å². The van der Waals surface area contributed by atoms with Gasteiger partial charge < -0.3 is 15.1 Å². The van der Waals surface area contributed by atoms with Crippen LogP contribution in [0.15, 0.2) is 112 Å². The summed E-state index contributed by atoms with van der Waals surface area (Å²) in [7, 11) is 0. The minimum atomic E-state index is -0.437. The number of carbonyl (C=O) groups excluding carboxylic acids is 2. The molecule has 5 aromatic rings. The number of benzene rings is 4. The molecular weight excluding hydrogens is 476 g/mol. The summed E-state index contributed by atoms with van der Waals surface area (Å²) in [6.07, 6.45) is 0. The second kappa shape index (κ2) is 9.90. The Balaban J connectivity index is 1.26. The third-order valence-electron chi connectivity index (χ3n) is 5.59. The van der Waals surface area contributed by atoms with Gasteiger partial charge in [0.15, 0.2) is 0 Å². The molecule has 0 bridgehead atoms. The Morgan fingerprint density at radius 3 is 1.97 bits per heavy atom. The van der Waals surface area contributed by atoms with Gasteiger partial charge in [-0.15, -0.1) is 0 Å². The lowest BCUT2D eigenvalue weighted by atomic mass is 10.0. The van der Waals surface area contributed by atoms with Crippen LogP contribution in [0.25, 0.3) is 22.1 Å². The maximum absolute atomic E-state index is 12.7. The quantitative estimate of drug-likeness (QED) is 0.269. The minimum Gasteiger partial charge on any atom is -0.422 e. The second-order valence-electron chi connectivity index (χ2n) is 8.06. The van der Waals surface area contributed by atoms with E-state index in [1.54, 1.807) is 84.9 Å². The van der Waals surface area contributed by atoms with E-state index in [9.17, 15) is 14.4 Å². The number of nitrogens with one attached hydrogen (secondary N) is 2. The molecule has 0 radical (unpaired) electrons. The van der Waals surface area contributed by atoms with E-state index < -0.39 is 5.63 Å². The molecule has 0 saturated heterocycles. The smallest absolute Gasteiger partial charge is 0.344 e. The van der Waals surface area contributed by atoms with E-state index in [-0.39, 0.29) is 11.8 Å². The topological polar surface area (TPSA) is 88.4 Å². The number of para-hydroxylation sites is 1. The lowest BCUT2D eigenvalue weighted by molar-refractivity contribution is 0.101. The number of carbonyl (C=O) groups is 2. The summed E-state index contributed by atoms with van der Waals surface area (Å²) in [6.45, 7) is 0. The normalized spacial score (nSPS) is 10.7. The van der Waals surface area contributed by atoms with Crippen molar-refractivity contribution in [2.75, 3.05) is 10.6 Å². The van der Waals surface area contributed by atoms with Crippen LogP contribution in [0.5, 0.6) is 0 Å². The first-order valence-electron chi connectivity index (χ1n) is 11.1. The predicted octanol–water partition coefficient (Wildman–Crippen LogP) is 6.62. The number of rotatable bonds is 5. The van der Waals surface area contributed by atoms with Crippen LogP contribution in [0.4, 0.5) is 11.4 Å². The van der Waals surface area contributed by atoms with Crippen molar-refractivity contribution >= 4 is 45.8 Å². The zero-order chi connectivity index (χ0) is 25.1. The zero-order valence-corrected chi connectivity index (χ0v) is 19.6. The van der Waals surface area contributed by atoms with Crippen LogP contribution in [0.3, 0.4) is 0 Å². The molecule has 176 valence electrons. The van der Waals surface area contributed by atoms with Crippen LogP contribution in [0.1, 0.15) is 20.7 Å². The van der Waals surface area contributed by atoms with Gasteiger partial charge in [-0.2, -0.15) is 0 Å². The van der Waals surface area contributed by atoms with Crippen molar-refractivity contribution < 1.29 is 14.0 Å². The molecule has 4 aromatic carbocycles. The molecule has 7 heteroatoms. The number of hydrogen-bond acceptors (Lipinski definition) is 4. The van der Waals surface area contributed by atoms with E-state index in [4.69, 9.17) is 16.0 Å². The van der Waals surface area contributed by atoms with Gasteiger partial charge in [-0.1, -0.05) is 48.0 Å². The Labute approximate surface area is 211 Å². The molecule has 1 aromatic heterocycles. The molecule has 2 amide bonds. The van der Waals surface area contributed by atoms with Gasteiger partial charge in [0.1, 0.15) is 5.58 Å². The molecule has 0 fully saturated rings. The Bertz CT molecular complexity index is 1640. The first-order chi connectivity index (χ1) is 17.5. The molecule has 36 heavy (non-hydrogen) atoms. The predicted molar refractivity (Wildman–Crippen MR) is 142 cm³/mol. The minimum absolute atomic E-state index is 0.283. The van der Waals surface area contributed by atoms with Crippen LogP contribution >= 0.6 is 11.6 Å². The van der Waals surface area contributed by atoms with Gasteiger partial charge >= 0.3 is 5.63 Å². The highest BCUT2D eigenvalue weighted by atomic mass is 35.5.